The van der Waals surface area contributed by atoms with Crippen LogP contribution in [0.25, 0.3) is 11.3 Å². The number of hydrogen-bond donors (Lipinski definition) is 3. The summed E-state index contributed by atoms with van der Waals surface area (Å²) in [6, 6.07) is 10.5. The van der Waals surface area contributed by atoms with Crippen LogP contribution < -0.4 is 26.3 Å². The Bertz CT molecular complexity index is 1590. The Balaban J connectivity index is 1.53. The second-order valence-electron chi connectivity index (χ2n) is 11.4. The molecule has 0 unspecified atom stereocenters. The number of methoxy groups -OCH3 is 1. The van der Waals surface area contributed by atoms with Gasteiger partial charge >= 0.3 is 6.55 Å². The predicted molar refractivity (Wildman–Crippen MR) is 160 cm³/mol. The van der Waals surface area contributed by atoms with Crippen molar-refractivity contribution in [2.45, 2.75) is 50.5 Å². The monoisotopic (exact) mass is 609 g/mol. The Morgan fingerprint density at radius 2 is 1.91 bits per heavy atom. The van der Waals surface area contributed by atoms with Crippen molar-refractivity contribution >= 4 is 23.7 Å². The van der Waals surface area contributed by atoms with Gasteiger partial charge in [0.2, 0.25) is 5.91 Å². The van der Waals surface area contributed by atoms with Crippen molar-refractivity contribution in [1.29, 1.82) is 0 Å². The van der Waals surface area contributed by atoms with E-state index in [0.29, 0.717) is 28.3 Å². The lowest BCUT2D eigenvalue weighted by atomic mass is 9.80. The number of fused-ring (bicyclic) bond motifs is 1. The van der Waals surface area contributed by atoms with Crippen molar-refractivity contribution in [2.24, 2.45) is 16.6 Å². The third-order valence-electron chi connectivity index (χ3n) is 8.57. The number of nitrogen functional groups attached to an aromatic ring is 1. The molecular weight excluding hydrogens is 575 g/mol. The second kappa shape index (κ2) is 12.6. The molecule has 1 saturated carbocycles. The summed E-state index contributed by atoms with van der Waals surface area (Å²) in [5.41, 5.74) is 13.4. The number of amides is 2. The average Bonchev–Trinajstić information content (AvgIpc) is 3.66. The van der Waals surface area contributed by atoms with E-state index in [2.05, 4.69) is 10.3 Å². The van der Waals surface area contributed by atoms with Crippen LogP contribution in [-0.4, -0.2) is 49.8 Å². The summed E-state index contributed by atoms with van der Waals surface area (Å²) in [5, 5.41) is 2.97. The molecule has 12 heteroatoms. The number of halogens is 3. The van der Waals surface area contributed by atoms with Crippen LogP contribution in [0.5, 0.6) is 11.5 Å². The maximum absolute atomic E-state index is 13.8. The minimum absolute atomic E-state index is 0.0397. The zero-order chi connectivity index (χ0) is 31.6. The van der Waals surface area contributed by atoms with Gasteiger partial charge in [-0.1, -0.05) is 12.8 Å². The van der Waals surface area contributed by atoms with Gasteiger partial charge < -0.3 is 26.3 Å². The molecule has 2 aliphatic rings. The molecule has 3 aromatic rings. The number of alkyl halides is 2. The number of hydrogen-bond acceptors (Lipinski definition) is 7. The molecule has 0 spiro atoms. The lowest BCUT2D eigenvalue weighted by molar-refractivity contribution is -0.123. The van der Waals surface area contributed by atoms with Gasteiger partial charge in [-0.3, -0.25) is 9.59 Å². The van der Waals surface area contributed by atoms with Crippen LogP contribution in [0.1, 0.15) is 65.7 Å². The van der Waals surface area contributed by atoms with Crippen molar-refractivity contribution in [3.8, 4) is 22.8 Å². The zero-order valence-electron chi connectivity index (χ0n) is 24.4. The van der Waals surface area contributed by atoms with Crippen LogP contribution >= 0.6 is 0 Å². The first-order valence-electron chi connectivity index (χ1n) is 14.3. The standard InChI is InChI=1S/C32H34F3N5O4/c1-32(30(37)42)16-44-28-23(32)13-24(40-27(28)18-7-9-21(33)10-8-18)22(17-5-3-4-6-17)15-38-29(41)19-11-20(14-39-31(34)35)26(36)25(12-19)43-2/h7-14,17,22,31H,3-6,15-16,36H2,1-2H3,(H2,37,42)(H,38,41)/t22-,32-/m0/s1. The molecule has 2 aromatic carbocycles. The van der Waals surface area contributed by atoms with E-state index in [0.717, 1.165) is 31.9 Å². The summed E-state index contributed by atoms with van der Waals surface area (Å²) in [4.78, 5) is 34.1. The van der Waals surface area contributed by atoms with Crippen LogP contribution in [0.2, 0.25) is 0 Å². The topological polar surface area (TPSA) is 142 Å². The average molecular weight is 610 g/mol. The summed E-state index contributed by atoms with van der Waals surface area (Å²) in [5.74, 6) is -0.925. The fourth-order valence-electron chi connectivity index (χ4n) is 5.97. The predicted octanol–water partition coefficient (Wildman–Crippen LogP) is 4.96. The molecule has 0 radical (unpaired) electrons. The quantitative estimate of drug-likeness (QED) is 0.169. The summed E-state index contributed by atoms with van der Waals surface area (Å²) in [6.07, 6.45) is 4.78. The number of carbonyl (C=O) groups excluding carboxylic acids is 2. The molecule has 44 heavy (non-hydrogen) atoms. The van der Waals surface area contributed by atoms with E-state index in [9.17, 15) is 22.8 Å². The van der Waals surface area contributed by atoms with Gasteiger partial charge in [0.05, 0.1) is 12.8 Å². The Morgan fingerprint density at radius 1 is 1.20 bits per heavy atom. The van der Waals surface area contributed by atoms with Gasteiger partial charge in [-0.15, -0.1) is 0 Å². The number of nitrogens with one attached hydrogen (secondary N) is 1. The smallest absolute Gasteiger partial charge is 0.331 e. The first-order chi connectivity index (χ1) is 21.0. The summed E-state index contributed by atoms with van der Waals surface area (Å²) < 4.78 is 50.5. The third-order valence-corrected chi connectivity index (χ3v) is 8.57. The van der Waals surface area contributed by atoms with E-state index >= 15 is 0 Å². The van der Waals surface area contributed by atoms with Crippen molar-refractivity contribution in [1.82, 2.24) is 10.3 Å². The van der Waals surface area contributed by atoms with Gasteiger partial charge in [0.15, 0.2) is 0 Å². The fraction of sp³-hybridized carbons (Fsp3) is 0.375. The number of primary amides is 1. The van der Waals surface area contributed by atoms with Gasteiger partial charge in [0.1, 0.15) is 35.0 Å². The number of ether oxygens (including phenoxy) is 2. The van der Waals surface area contributed by atoms with Gasteiger partial charge in [-0.2, -0.15) is 8.78 Å². The summed E-state index contributed by atoms with van der Waals surface area (Å²) >= 11 is 0. The van der Waals surface area contributed by atoms with E-state index in [1.54, 1.807) is 19.1 Å². The van der Waals surface area contributed by atoms with Gasteiger partial charge in [0.25, 0.3) is 5.91 Å². The van der Waals surface area contributed by atoms with E-state index in [1.165, 1.54) is 31.4 Å². The van der Waals surface area contributed by atoms with Crippen molar-refractivity contribution in [3.05, 3.63) is 70.7 Å². The molecule has 9 nitrogen and oxygen atoms in total. The number of benzene rings is 2. The lowest BCUT2D eigenvalue weighted by Crippen LogP contribution is -2.40. The van der Waals surface area contributed by atoms with Gasteiger partial charge in [0, 0.05) is 46.6 Å². The minimum atomic E-state index is -2.94. The molecule has 1 aliphatic carbocycles. The van der Waals surface area contributed by atoms with Gasteiger partial charge in [-0.05, 0) is 68.1 Å². The highest BCUT2D eigenvalue weighted by Gasteiger charge is 2.44. The molecule has 0 saturated heterocycles. The minimum Gasteiger partial charge on any atom is -0.495 e. The normalized spacial score (nSPS) is 18.8. The number of aliphatic imine (C=N–C) groups is 1. The SMILES string of the molecule is COc1cc(C(=O)NC[C@H](c2cc3c(c(-c4ccc(F)cc4)n2)OC[C@]3(C)C(N)=O)C2CCCC2)cc(C=NC(F)F)c1N. The summed E-state index contributed by atoms with van der Waals surface area (Å²) in [7, 11) is 1.36. The highest BCUT2D eigenvalue weighted by Crippen LogP contribution is 2.47. The number of nitrogens with zero attached hydrogens (tertiary/aromatic N) is 2. The number of carbonyl (C=O) groups is 2. The number of pyridine rings is 1. The second-order valence-corrected chi connectivity index (χ2v) is 11.4. The van der Waals surface area contributed by atoms with Crippen LogP contribution in [0, 0.1) is 11.7 Å². The Kier molecular flexibility index (Phi) is 8.80. The largest absolute Gasteiger partial charge is 0.495 e. The van der Waals surface area contributed by atoms with E-state index in [1.807, 2.05) is 6.07 Å². The Morgan fingerprint density at radius 3 is 2.55 bits per heavy atom. The van der Waals surface area contributed by atoms with Crippen molar-refractivity contribution < 1.29 is 32.2 Å². The molecule has 232 valence electrons. The molecule has 1 fully saturated rings. The molecule has 0 bridgehead atoms. The third kappa shape index (κ3) is 6.06. The first-order valence-corrected chi connectivity index (χ1v) is 14.3. The Labute approximate surface area is 252 Å². The molecule has 1 aliphatic heterocycles. The van der Waals surface area contributed by atoms with Gasteiger partial charge in [-0.25, -0.2) is 14.4 Å². The fourth-order valence-corrected chi connectivity index (χ4v) is 5.97. The number of rotatable bonds is 10. The highest BCUT2D eigenvalue weighted by atomic mass is 19.3. The summed E-state index contributed by atoms with van der Waals surface area (Å²) in [6.45, 7) is -0.987. The zero-order valence-corrected chi connectivity index (χ0v) is 24.4. The van der Waals surface area contributed by atoms with E-state index in [-0.39, 0.29) is 47.6 Å². The number of anilines is 1. The van der Waals surface area contributed by atoms with Crippen LogP contribution in [0.4, 0.5) is 18.9 Å². The van der Waals surface area contributed by atoms with Crippen LogP contribution in [0.3, 0.4) is 0 Å². The molecule has 5 rings (SSSR count). The highest BCUT2D eigenvalue weighted by molar-refractivity contribution is 5.99. The number of aromatic nitrogens is 1. The van der Waals surface area contributed by atoms with E-state index < -0.39 is 29.6 Å². The first kappa shape index (κ1) is 30.8. The molecule has 2 amide bonds. The van der Waals surface area contributed by atoms with Crippen molar-refractivity contribution in [2.75, 3.05) is 26.0 Å². The van der Waals surface area contributed by atoms with Crippen LogP contribution in [-0.2, 0) is 10.2 Å². The molecule has 2 heterocycles. The molecular formula is C32H34F3N5O4. The Hall–Kier alpha value is -4.61. The molecule has 5 N–H and O–H groups in total. The van der Waals surface area contributed by atoms with E-state index in [4.69, 9.17) is 25.9 Å². The van der Waals surface area contributed by atoms with Crippen molar-refractivity contribution in [3.63, 3.8) is 0 Å². The maximum Gasteiger partial charge on any atom is 0.331 e. The number of nitrogens with two attached hydrogens (primary N) is 2. The van der Waals surface area contributed by atoms with Crippen LogP contribution in [0.15, 0.2) is 47.5 Å². The lowest BCUT2D eigenvalue weighted by Gasteiger charge is -2.26. The molecule has 2 atom stereocenters. The molecule has 1 aromatic heterocycles. The maximum atomic E-state index is 13.8.